The topological polar surface area (TPSA) is 78.8 Å². The van der Waals surface area contributed by atoms with Crippen molar-refractivity contribution in [2.24, 2.45) is 0 Å². The van der Waals surface area contributed by atoms with Crippen molar-refractivity contribution < 1.29 is 14.6 Å². The Bertz CT molecular complexity index is 832. The molecule has 0 unspecified atom stereocenters. The van der Waals surface area contributed by atoms with Crippen molar-refractivity contribution in [3.8, 4) is 5.75 Å². The monoisotopic (exact) mass is 382 g/mol. The van der Waals surface area contributed by atoms with E-state index in [1.165, 1.54) is 0 Å². The quantitative estimate of drug-likeness (QED) is 0.840. The third kappa shape index (κ3) is 3.86. The van der Waals surface area contributed by atoms with Crippen molar-refractivity contribution in [2.45, 2.75) is 18.8 Å². The summed E-state index contributed by atoms with van der Waals surface area (Å²) in [5.41, 5.74) is 2.64. The van der Waals surface area contributed by atoms with Gasteiger partial charge in [0.25, 0.3) is 0 Å². The number of β-amino-alcohol motifs (C(OH)–C–C–N with tert-alkyl or cyclic N) is 1. The van der Waals surface area contributed by atoms with Gasteiger partial charge in [-0.2, -0.15) is 0 Å². The number of hydrogen-bond acceptors (Lipinski definition) is 7. The highest BCUT2D eigenvalue weighted by Gasteiger charge is 2.29. The minimum absolute atomic E-state index is 0.112. The van der Waals surface area contributed by atoms with Crippen LogP contribution in [-0.2, 0) is 6.42 Å². The number of hydrogen-bond donors (Lipinski definition) is 1. The molecule has 1 N–H and O–H groups in total. The molecule has 0 spiro atoms. The molecule has 7 nitrogen and oxygen atoms in total. The van der Waals surface area contributed by atoms with Crippen LogP contribution < -0.4 is 9.64 Å². The van der Waals surface area contributed by atoms with Crippen LogP contribution in [0.2, 0.25) is 0 Å². The average Bonchev–Trinajstić information content (AvgIpc) is 2.74. The molecule has 2 aliphatic rings. The number of ether oxygens (including phenoxy) is 1. The van der Waals surface area contributed by atoms with Crippen molar-refractivity contribution >= 4 is 11.7 Å². The fourth-order valence-electron chi connectivity index (χ4n) is 4.01. The number of aliphatic hydroxyl groups is 1. The van der Waals surface area contributed by atoms with Gasteiger partial charge in [-0.1, -0.05) is 12.1 Å². The highest BCUT2D eigenvalue weighted by atomic mass is 16.5. The minimum Gasteiger partial charge on any atom is -0.497 e. The molecule has 1 saturated heterocycles. The molecule has 1 aromatic heterocycles. The molecule has 1 atom stereocenters. The molecule has 148 valence electrons. The molecule has 2 aromatic rings. The number of carbonyl (C=O) groups excluding carboxylic acids is 1. The summed E-state index contributed by atoms with van der Waals surface area (Å²) in [7, 11) is 1.65. The first-order valence-electron chi connectivity index (χ1n) is 9.79. The van der Waals surface area contributed by atoms with E-state index < -0.39 is 0 Å². The maximum atomic E-state index is 12.6. The zero-order valence-electron chi connectivity index (χ0n) is 16.2. The van der Waals surface area contributed by atoms with E-state index in [-0.39, 0.29) is 18.3 Å². The minimum atomic E-state index is 0.112. The van der Waals surface area contributed by atoms with Crippen molar-refractivity contribution in [3.63, 3.8) is 0 Å². The van der Waals surface area contributed by atoms with Crippen molar-refractivity contribution in [1.82, 2.24) is 14.9 Å². The van der Waals surface area contributed by atoms with E-state index in [4.69, 9.17) is 14.8 Å². The standard InChI is InChI=1S/C21H26N4O3/c1-28-17-4-2-15(3-5-17)16-12-19-18(20(27)13-16)14-22-21(23-19)25-8-6-24(7-9-25)10-11-26/h2-5,14,16,26H,6-13H2,1H3/t16-/m0/s1. The van der Waals surface area contributed by atoms with Crippen LogP contribution in [0.1, 0.15) is 34.0 Å². The number of Topliss-reactive ketones (excluding diaryl/α,β-unsaturated/α-hetero) is 1. The van der Waals surface area contributed by atoms with Gasteiger partial charge in [-0.25, -0.2) is 9.97 Å². The molecule has 7 heteroatoms. The van der Waals surface area contributed by atoms with Crippen molar-refractivity contribution in [3.05, 3.63) is 47.3 Å². The lowest BCUT2D eigenvalue weighted by Crippen LogP contribution is -2.47. The van der Waals surface area contributed by atoms with E-state index in [9.17, 15) is 4.79 Å². The molecule has 0 saturated carbocycles. The van der Waals surface area contributed by atoms with Gasteiger partial charge in [0, 0.05) is 45.3 Å². The van der Waals surface area contributed by atoms with Crippen LogP contribution in [0.3, 0.4) is 0 Å². The molecule has 0 amide bonds. The molecule has 1 fully saturated rings. The number of benzene rings is 1. The number of methoxy groups -OCH3 is 1. The first kappa shape index (κ1) is 18.8. The first-order chi connectivity index (χ1) is 13.7. The molecule has 1 aromatic carbocycles. The van der Waals surface area contributed by atoms with Crippen LogP contribution in [-0.4, -0.2) is 72.2 Å². The van der Waals surface area contributed by atoms with Gasteiger partial charge in [0.1, 0.15) is 5.75 Å². The lowest BCUT2D eigenvalue weighted by molar-refractivity contribution is 0.0962. The SMILES string of the molecule is COc1ccc([C@@H]2CC(=O)c3cnc(N4CCN(CCO)CC4)nc3C2)cc1. The van der Waals surface area contributed by atoms with E-state index in [0.717, 1.165) is 49.6 Å². The van der Waals surface area contributed by atoms with Gasteiger partial charge in [0.2, 0.25) is 5.95 Å². The number of aliphatic hydroxyl groups excluding tert-OH is 1. The number of ketones is 1. The zero-order valence-corrected chi connectivity index (χ0v) is 16.2. The molecule has 1 aliphatic carbocycles. The Morgan fingerprint density at radius 2 is 1.89 bits per heavy atom. The third-order valence-corrected chi connectivity index (χ3v) is 5.69. The Morgan fingerprint density at radius 3 is 2.57 bits per heavy atom. The summed E-state index contributed by atoms with van der Waals surface area (Å²) in [5, 5.41) is 9.09. The smallest absolute Gasteiger partial charge is 0.225 e. The van der Waals surface area contributed by atoms with E-state index in [1.54, 1.807) is 13.3 Å². The fraction of sp³-hybridized carbons (Fsp3) is 0.476. The van der Waals surface area contributed by atoms with Gasteiger partial charge in [0.15, 0.2) is 5.78 Å². The first-order valence-corrected chi connectivity index (χ1v) is 9.79. The van der Waals surface area contributed by atoms with E-state index in [2.05, 4.69) is 14.8 Å². The second-order valence-electron chi connectivity index (χ2n) is 7.38. The lowest BCUT2D eigenvalue weighted by atomic mass is 9.82. The summed E-state index contributed by atoms with van der Waals surface area (Å²) in [6, 6.07) is 7.94. The summed E-state index contributed by atoms with van der Waals surface area (Å²) < 4.78 is 5.23. The molecule has 0 bridgehead atoms. The molecule has 2 heterocycles. The number of rotatable bonds is 5. The van der Waals surface area contributed by atoms with Gasteiger partial charge in [-0.15, -0.1) is 0 Å². The average molecular weight is 382 g/mol. The number of piperazine rings is 1. The van der Waals surface area contributed by atoms with Gasteiger partial charge in [0.05, 0.1) is 25.0 Å². The van der Waals surface area contributed by atoms with Crippen LogP contribution in [0.5, 0.6) is 5.75 Å². The molecule has 0 radical (unpaired) electrons. The number of nitrogens with zero attached hydrogens (tertiary/aromatic N) is 4. The van der Waals surface area contributed by atoms with E-state index in [1.807, 2.05) is 24.3 Å². The number of anilines is 1. The normalized spacial score (nSPS) is 20.1. The van der Waals surface area contributed by atoms with Crippen LogP contribution in [0.15, 0.2) is 30.5 Å². The maximum absolute atomic E-state index is 12.6. The largest absolute Gasteiger partial charge is 0.497 e. The summed E-state index contributed by atoms with van der Waals surface area (Å²) in [6.07, 6.45) is 2.93. The van der Waals surface area contributed by atoms with E-state index in [0.29, 0.717) is 24.5 Å². The van der Waals surface area contributed by atoms with Crippen molar-refractivity contribution in [2.75, 3.05) is 51.3 Å². The van der Waals surface area contributed by atoms with E-state index >= 15 is 0 Å². The Labute approximate surface area is 165 Å². The van der Waals surface area contributed by atoms with Crippen LogP contribution in [0.4, 0.5) is 5.95 Å². The molecular formula is C21H26N4O3. The summed E-state index contributed by atoms with van der Waals surface area (Å²) in [6.45, 7) is 4.31. The Kier molecular flexibility index (Phi) is 5.54. The third-order valence-electron chi connectivity index (χ3n) is 5.69. The Morgan fingerprint density at radius 1 is 1.14 bits per heavy atom. The number of carbonyl (C=O) groups is 1. The number of aromatic nitrogens is 2. The van der Waals surface area contributed by atoms with Crippen LogP contribution in [0.25, 0.3) is 0 Å². The highest BCUT2D eigenvalue weighted by molar-refractivity contribution is 5.98. The van der Waals surface area contributed by atoms with Gasteiger partial charge < -0.3 is 14.7 Å². The highest BCUT2D eigenvalue weighted by Crippen LogP contribution is 2.33. The Balaban J connectivity index is 1.51. The molecule has 4 rings (SSSR count). The number of fused-ring (bicyclic) bond motifs is 1. The van der Waals surface area contributed by atoms with Gasteiger partial charge in [-0.05, 0) is 30.0 Å². The summed E-state index contributed by atoms with van der Waals surface area (Å²) in [4.78, 5) is 26.3. The second kappa shape index (κ2) is 8.24. The zero-order chi connectivity index (χ0) is 19.5. The Hall–Kier alpha value is -2.51. The molecular weight excluding hydrogens is 356 g/mol. The lowest BCUT2D eigenvalue weighted by Gasteiger charge is -2.34. The van der Waals surface area contributed by atoms with Crippen LogP contribution in [0, 0.1) is 0 Å². The van der Waals surface area contributed by atoms with Crippen LogP contribution >= 0.6 is 0 Å². The maximum Gasteiger partial charge on any atom is 0.225 e. The fourth-order valence-corrected chi connectivity index (χ4v) is 4.01. The molecule has 28 heavy (non-hydrogen) atoms. The van der Waals surface area contributed by atoms with Crippen molar-refractivity contribution in [1.29, 1.82) is 0 Å². The van der Waals surface area contributed by atoms with Gasteiger partial charge >= 0.3 is 0 Å². The molecule has 1 aliphatic heterocycles. The second-order valence-corrected chi connectivity index (χ2v) is 7.38. The predicted octanol–water partition coefficient (Wildman–Crippen LogP) is 1.51. The summed E-state index contributed by atoms with van der Waals surface area (Å²) >= 11 is 0. The summed E-state index contributed by atoms with van der Waals surface area (Å²) in [5.74, 6) is 1.76. The predicted molar refractivity (Wildman–Crippen MR) is 106 cm³/mol. The van der Waals surface area contributed by atoms with Gasteiger partial charge in [-0.3, -0.25) is 9.69 Å².